The second-order valence-corrected chi connectivity index (χ2v) is 19.5. The standard InChI is InChI=1S/C48H62F6N10O10/c1-27-15-19-61(43(69)73-45(3,4)5)63(38(66)14-10-12-18-56)35-23-30(48(52,53)54)22-32(40(35)72-27)60-41(67)33-25-34(58-26-57-33)42(68)64-36-24-29(47(49,50)51)21-31(59-37(65)13-9-11-17-55)39(36)71-28(2)16-20-62(64)44(70)74-46(6,7)8/h21-28H,9-20,55-56H2,1-8H3,(H,59,65)(H,60,67)/t27-,28-/m0/s1. The molecule has 2 atom stereocenters. The van der Waals surface area contributed by atoms with Crippen molar-refractivity contribution >= 4 is 58.6 Å². The van der Waals surface area contributed by atoms with E-state index in [9.17, 15) is 55.1 Å². The monoisotopic (exact) mass is 1050 g/mol. The van der Waals surface area contributed by atoms with Crippen LogP contribution in [-0.4, -0.2) is 105 Å². The lowest BCUT2D eigenvalue weighted by Gasteiger charge is -2.39. The number of rotatable bonds is 12. The van der Waals surface area contributed by atoms with Crippen LogP contribution in [-0.2, 0) is 31.4 Å². The number of fused-ring (bicyclic) bond motifs is 2. The lowest BCUT2D eigenvalue weighted by atomic mass is 10.1. The number of hydrogen-bond acceptors (Lipinski definition) is 14. The Balaban J connectivity index is 1.68. The summed E-state index contributed by atoms with van der Waals surface area (Å²) in [6, 6.07) is 2.98. The molecule has 6 amide bonds. The normalized spacial score (nSPS) is 16.5. The number of nitrogens with zero attached hydrogens (tertiary/aromatic N) is 6. The van der Waals surface area contributed by atoms with E-state index in [2.05, 4.69) is 20.6 Å². The number of nitrogens with two attached hydrogens (primary N) is 2. The van der Waals surface area contributed by atoms with E-state index in [1.165, 1.54) is 27.7 Å². The highest BCUT2D eigenvalue weighted by Gasteiger charge is 2.43. The van der Waals surface area contributed by atoms with E-state index in [0.29, 0.717) is 58.5 Å². The van der Waals surface area contributed by atoms with Gasteiger partial charge in [0.15, 0.2) is 11.5 Å². The SMILES string of the molecule is C[C@H]1CCN(C(=O)OC(C)(C)C)N(C(=O)CCCCN)c2cc(C(F)(F)F)cc(NC(=O)c3cc(C(=O)N4c5cc(C(F)(F)F)cc(NC(=O)CCCCN)c5O[C@@H](C)CCN4C(=O)OC(C)(C)C)ncn3)c2O1. The number of ether oxygens (including phenoxy) is 4. The van der Waals surface area contributed by atoms with Crippen LogP contribution in [0.15, 0.2) is 36.7 Å². The van der Waals surface area contributed by atoms with E-state index >= 15 is 0 Å². The van der Waals surface area contributed by atoms with Crippen LogP contribution in [0.2, 0.25) is 0 Å². The Kier molecular flexibility index (Phi) is 18.4. The lowest BCUT2D eigenvalue weighted by Crippen LogP contribution is -2.54. The number of nitrogens with one attached hydrogen (secondary N) is 2. The van der Waals surface area contributed by atoms with Gasteiger partial charge in [-0.3, -0.25) is 19.2 Å². The van der Waals surface area contributed by atoms with Gasteiger partial charge in [-0.2, -0.15) is 26.3 Å². The predicted octanol–water partition coefficient (Wildman–Crippen LogP) is 8.59. The number of halogens is 6. The van der Waals surface area contributed by atoms with Crippen LogP contribution in [0.1, 0.15) is 139 Å². The van der Waals surface area contributed by atoms with Gasteiger partial charge < -0.3 is 41.0 Å². The van der Waals surface area contributed by atoms with E-state index in [1.54, 1.807) is 27.7 Å². The molecule has 3 heterocycles. The minimum atomic E-state index is -5.13. The van der Waals surface area contributed by atoms with Crippen LogP contribution >= 0.6 is 0 Å². The molecule has 1 aromatic heterocycles. The van der Waals surface area contributed by atoms with E-state index < -0.39 is 135 Å². The van der Waals surface area contributed by atoms with Crippen molar-refractivity contribution < 1.29 is 74.1 Å². The molecule has 0 bridgehead atoms. The number of hydrazine groups is 2. The molecule has 2 aliphatic heterocycles. The van der Waals surface area contributed by atoms with Gasteiger partial charge in [-0.1, -0.05) is 0 Å². The molecule has 0 aliphatic carbocycles. The van der Waals surface area contributed by atoms with Crippen molar-refractivity contribution in [2.75, 3.05) is 46.8 Å². The fourth-order valence-corrected chi connectivity index (χ4v) is 7.42. The molecule has 406 valence electrons. The predicted molar refractivity (Wildman–Crippen MR) is 257 cm³/mol. The molecule has 20 nitrogen and oxygen atoms in total. The number of amides is 6. The Morgan fingerprint density at radius 2 is 1.08 bits per heavy atom. The van der Waals surface area contributed by atoms with Crippen molar-refractivity contribution in [2.24, 2.45) is 11.5 Å². The van der Waals surface area contributed by atoms with Gasteiger partial charge in [0.2, 0.25) is 11.8 Å². The minimum Gasteiger partial charge on any atom is -0.486 e. The summed E-state index contributed by atoms with van der Waals surface area (Å²) in [6.07, 6.45) is -12.8. The van der Waals surface area contributed by atoms with Gasteiger partial charge in [-0.25, -0.2) is 39.6 Å². The zero-order valence-corrected chi connectivity index (χ0v) is 42.3. The Labute approximate surface area is 423 Å². The summed E-state index contributed by atoms with van der Waals surface area (Å²) in [5.41, 5.74) is 2.17. The van der Waals surface area contributed by atoms with Crippen LogP contribution in [0.5, 0.6) is 11.5 Å². The molecular weight excluding hydrogens is 991 g/mol. The van der Waals surface area contributed by atoms with E-state index in [-0.39, 0.29) is 58.2 Å². The average molecular weight is 1050 g/mol. The summed E-state index contributed by atoms with van der Waals surface area (Å²) in [7, 11) is 0. The Morgan fingerprint density at radius 1 is 0.635 bits per heavy atom. The van der Waals surface area contributed by atoms with Crippen molar-refractivity contribution in [1.29, 1.82) is 0 Å². The van der Waals surface area contributed by atoms with Gasteiger partial charge >= 0.3 is 24.5 Å². The van der Waals surface area contributed by atoms with E-state index in [0.717, 1.165) is 11.1 Å². The highest BCUT2D eigenvalue weighted by Crippen LogP contribution is 2.47. The number of carbonyl (C=O) groups is 6. The summed E-state index contributed by atoms with van der Waals surface area (Å²) < 4.78 is 112. The smallest absolute Gasteiger partial charge is 0.429 e. The maximum atomic E-state index is 15.0. The van der Waals surface area contributed by atoms with Crippen LogP contribution in [0.3, 0.4) is 0 Å². The molecule has 0 saturated carbocycles. The minimum absolute atomic E-state index is 0.00800. The molecule has 0 radical (unpaired) electrons. The third kappa shape index (κ3) is 15.1. The zero-order chi connectivity index (χ0) is 55.1. The van der Waals surface area contributed by atoms with Crippen molar-refractivity contribution in [3.05, 3.63) is 59.2 Å². The summed E-state index contributed by atoms with van der Waals surface area (Å²) >= 11 is 0. The molecule has 5 rings (SSSR count). The molecule has 3 aromatic rings. The summed E-state index contributed by atoms with van der Waals surface area (Å²) in [6.45, 7) is 12.0. The van der Waals surface area contributed by atoms with Crippen molar-refractivity contribution in [1.82, 2.24) is 20.0 Å². The fraction of sp³-hybridized carbons (Fsp3) is 0.542. The molecular formula is C48H62F6N10O10. The molecule has 74 heavy (non-hydrogen) atoms. The zero-order valence-electron chi connectivity index (χ0n) is 42.3. The maximum Gasteiger partial charge on any atom is 0.429 e. The Hall–Kier alpha value is -6.96. The van der Waals surface area contributed by atoms with E-state index in [4.69, 9.17) is 30.4 Å². The molecule has 0 saturated heterocycles. The summed E-state index contributed by atoms with van der Waals surface area (Å²) in [5, 5.41) is 7.53. The third-order valence-corrected chi connectivity index (χ3v) is 10.8. The van der Waals surface area contributed by atoms with Crippen LogP contribution < -0.4 is 41.6 Å². The first kappa shape index (κ1) is 57.9. The van der Waals surface area contributed by atoms with Gasteiger partial charge in [-0.05, 0) is 118 Å². The number of alkyl halides is 6. The average Bonchev–Trinajstić information content (AvgIpc) is 3.27. The largest absolute Gasteiger partial charge is 0.486 e. The van der Waals surface area contributed by atoms with Crippen LogP contribution in [0.25, 0.3) is 0 Å². The number of unbranched alkanes of at least 4 members (excludes halogenated alkanes) is 2. The molecule has 2 aliphatic rings. The first-order valence-electron chi connectivity index (χ1n) is 23.8. The molecule has 6 N–H and O–H groups in total. The molecule has 0 unspecified atom stereocenters. The summed E-state index contributed by atoms with van der Waals surface area (Å²) in [4.78, 5) is 92.3. The van der Waals surface area contributed by atoms with Crippen molar-refractivity contribution in [3.8, 4) is 11.5 Å². The first-order chi connectivity index (χ1) is 34.4. The second-order valence-electron chi connectivity index (χ2n) is 19.5. The number of anilines is 4. The number of carbonyl (C=O) groups excluding carboxylic acids is 6. The number of hydrogen-bond donors (Lipinski definition) is 4. The molecule has 0 spiro atoms. The molecule has 26 heteroatoms. The van der Waals surface area contributed by atoms with Gasteiger partial charge in [0.1, 0.15) is 40.3 Å². The highest BCUT2D eigenvalue weighted by atomic mass is 19.4. The Bertz CT molecular complexity index is 2570. The van der Waals surface area contributed by atoms with Gasteiger partial charge in [-0.15, -0.1) is 0 Å². The van der Waals surface area contributed by atoms with Crippen molar-refractivity contribution in [3.63, 3.8) is 0 Å². The highest BCUT2D eigenvalue weighted by molar-refractivity contribution is 6.10. The second kappa shape index (κ2) is 23.5. The molecule has 0 fully saturated rings. The topological polar surface area (TPSA) is 254 Å². The maximum absolute atomic E-state index is 15.0. The fourth-order valence-electron chi connectivity index (χ4n) is 7.42. The molecule has 2 aromatic carbocycles. The Morgan fingerprint density at radius 3 is 1.55 bits per heavy atom. The quantitative estimate of drug-likeness (QED) is 0.0979. The van der Waals surface area contributed by atoms with E-state index in [1.807, 2.05) is 0 Å². The third-order valence-electron chi connectivity index (χ3n) is 10.8. The van der Waals surface area contributed by atoms with Crippen molar-refractivity contribution in [2.45, 2.75) is 143 Å². The van der Waals surface area contributed by atoms with Gasteiger partial charge in [0, 0.05) is 31.7 Å². The van der Waals surface area contributed by atoms with Gasteiger partial charge in [0.05, 0.1) is 47.8 Å². The van der Waals surface area contributed by atoms with Gasteiger partial charge in [0.25, 0.3) is 11.8 Å². The van der Waals surface area contributed by atoms with Crippen LogP contribution in [0, 0.1) is 0 Å². The van der Waals surface area contributed by atoms with Crippen LogP contribution in [0.4, 0.5) is 58.7 Å². The lowest BCUT2D eigenvalue weighted by molar-refractivity contribution is -0.138. The first-order valence-corrected chi connectivity index (χ1v) is 23.8. The number of benzene rings is 2. The number of aromatic nitrogens is 2. The summed E-state index contributed by atoms with van der Waals surface area (Å²) in [5.74, 6) is -5.16.